The summed E-state index contributed by atoms with van der Waals surface area (Å²) < 4.78 is 5.28. The number of primary amides is 1. The molecule has 0 fully saturated rings. The number of nitrogens with two attached hydrogens (primary N) is 1. The van der Waals surface area contributed by atoms with Gasteiger partial charge in [0.05, 0.1) is 11.6 Å². The number of halogens is 2. The lowest BCUT2D eigenvalue weighted by Gasteiger charge is -2.08. The maximum atomic E-state index is 10.3. The monoisotopic (exact) mass is 248 g/mol. The highest BCUT2D eigenvalue weighted by molar-refractivity contribution is 6.34. The van der Waals surface area contributed by atoms with Gasteiger partial charge in [0.25, 0.3) is 0 Å². The molecule has 0 aromatic heterocycles. The molecular weight excluding hydrogens is 239 g/mol. The summed E-state index contributed by atoms with van der Waals surface area (Å²) in [6.07, 6.45) is 0. The molecule has 1 aromatic rings. The minimum absolute atomic E-state index is 0.281. The summed E-state index contributed by atoms with van der Waals surface area (Å²) in [5.74, 6) is 0.482. The van der Waals surface area contributed by atoms with Crippen molar-refractivity contribution in [2.24, 2.45) is 5.73 Å². The highest BCUT2D eigenvalue weighted by atomic mass is 35.5. The maximum absolute atomic E-state index is 10.3. The van der Waals surface area contributed by atoms with Crippen LogP contribution in [0.25, 0.3) is 0 Å². The van der Waals surface area contributed by atoms with Crippen LogP contribution in [-0.4, -0.2) is 19.2 Å². The molecule has 4 nitrogen and oxygen atoms in total. The molecule has 82 valence electrons. The number of hydrogen-bond donors (Lipinski definition) is 2. The Bertz CT molecular complexity index is 358. The van der Waals surface area contributed by atoms with Gasteiger partial charge in [0.15, 0.2) is 0 Å². The molecule has 0 atom stereocenters. The van der Waals surface area contributed by atoms with Crippen molar-refractivity contribution < 1.29 is 9.53 Å². The summed E-state index contributed by atoms with van der Waals surface area (Å²) in [6, 6.07) is 4.32. The maximum Gasteiger partial charge on any atom is 0.312 e. The quantitative estimate of drug-likeness (QED) is 0.802. The van der Waals surface area contributed by atoms with Gasteiger partial charge in [-0.3, -0.25) is 0 Å². The Kier molecular flexibility index (Phi) is 4.52. The Morgan fingerprint density at radius 3 is 2.87 bits per heavy atom. The largest absolute Gasteiger partial charge is 0.490 e. The van der Waals surface area contributed by atoms with Crippen LogP contribution in [0.15, 0.2) is 18.2 Å². The van der Waals surface area contributed by atoms with Gasteiger partial charge in [-0.2, -0.15) is 0 Å². The summed E-state index contributed by atoms with van der Waals surface area (Å²) in [5, 5.41) is 3.40. The van der Waals surface area contributed by atoms with Gasteiger partial charge in [0.1, 0.15) is 12.4 Å². The second kappa shape index (κ2) is 5.68. The number of ether oxygens (including phenoxy) is 1. The Balaban J connectivity index is 2.43. The highest BCUT2D eigenvalue weighted by Crippen LogP contribution is 2.27. The third-order valence-electron chi connectivity index (χ3n) is 1.55. The van der Waals surface area contributed by atoms with E-state index in [2.05, 4.69) is 5.32 Å². The van der Waals surface area contributed by atoms with Crippen LogP contribution < -0.4 is 15.8 Å². The third kappa shape index (κ3) is 4.27. The molecule has 0 spiro atoms. The van der Waals surface area contributed by atoms with Crippen LogP contribution in [-0.2, 0) is 0 Å². The number of hydrogen-bond acceptors (Lipinski definition) is 2. The molecule has 15 heavy (non-hydrogen) atoms. The lowest BCUT2D eigenvalue weighted by molar-refractivity contribution is 0.244. The van der Waals surface area contributed by atoms with E-state index in [4.69, 9.17) is 33.7 Å². The average molecular weight is 249 g/mol. The lowest BCUT2D eigenvalue weighted by atomic mass is 10.3. The van der Waals surface area contributed by atoms with Crippen LogP contribution in [0, 0.1) is 0 Å². The minimum Gasteiger partial charge on any atom is -0.490 e. The van der Waals surface area contributed by atoms with E-state index in [-0.39, 0.29) is 6.61 Å². The normalized spacial score (nSPS) is 9.73. The fourth-order valence-electron chi connectivity index (χ4n) is 0.923. The predicted octanol–water partition coefficient (Wildman–Crippen LogP) is 2.04. The lowest BCUT2D eigenvalue weighted by Crippen LogP contribution is -2.32. The molecule has 0 saturated heterocycles. The summed E-state index contributed by atoms with van der Waals surface area (Å²) in [5.41, 5.74) is 4.87. The Morgan fingerprint density at radius 2 is 2.20 bits per heavy atom. The molecule has 0 bridgehead atoms. The molecule has 0 heterocycles. The summed E-state index contributed by atoms with van der Waals surface area (Å²) in [6.45, 7) is 0.598. The van der Waals surface area contributed by atoms with E-state index < -0.39 is 6.03 Å². The van der Waals surface area contributed by atoms with Crippen LogP contribution in [0.5, 0.6) is 5.75 Å². The Hall–Kier alpha value is -1.13. The molecule has 1 aromatic carbocycles. The smallest absolute Gasteiger partial charge is 0.312 e. The Morgan fingerprint density at radius 1 is 1.47 bits per heavy atom. The van der Waals surface area contributed by atoms with Gasteiger partial charge in [-0.15, -0.1) is 0 Å². The summed E-state index contributed by atoms with van der Waals surface area (Å²) in [7, 11) is 0. The zero-order valence-corrected chi connectivity index (χ0v) is 9.31. The van der Waals surface area contributed by atoms with Crippen LogP contribution in [0.3, 0.4) is 0 Å². The first-order valence-corrected chi connectivity index (χ1v) is 4.96. The van der Waals surface area contributed by atoms with E-state index in [0.29, 0.717) is 22.3 Å². The topological polar surface area (TPSA) is 64.4 Å². The predicted molar refractivity (Wildman–Crippen MR) is 59.5 cm³/mol. The first-order chi connectivity index (χ1) is 7.09. The van der Waals surface area contributed by atoms with Gasteiger partial charge >= 0.3 is 6.03 Å². The van der Waals surface area contributed by atoms with Gasteiger partial charge < -0.3 is 15.8 Å². The number of amides is 2. The first-order valence-electron chi connectivity index (χ1n) is 4.21. The highest BCUT2D eigenvalue weighted by Gasteiger charge is 2.02. The molecule has 1 rings (SSSR count). The molecule has 6 heteroatoms. The molecule has 0 aliphatic rings. The molecule has 2 amide bonds. The van der Waals surface area contributed by atoms with Crippen molar-refractivity contribution >= 4 is 29.2 Å². The zero-order chi connectivity index (χ0) is 11.3. The van der Waals surface area contributed by atoms with Crippen LogP contribution in [0.1, 0.15) is 0 Å². The van der Waals surface area contributed by atoms with Crippen molar-refractivity contribution in [3.8, 4) is 5.75 Å². The van der Waals surface area contributed by atoms with Crippen LogP contribution >= 0.6 is 23.2 Å². The number of urea groups is 1. The molecule has 0 radical (unpaired) electrons. The van der Waals surface area contributed by atoms with Gasteiger partial charge in [-0.05, 0) is 12.1 Å². The summed E-state index contributed by atoms with van der Waals surface area (Å²) >= 11 is 11.6. The molecule has 0 unspecified atom stereocenters. The summed E-state index contributed by atoms with van der Waals surface area (Å²) in [4.78, 5) is 10.3. The third-order valence-corrected chi connectivity index (χ3v) is 2.10. The second-order valence-corrected chi connectivity index (χ2v) is 3.56. The van der Waals surface area contributed by atoms with E-state index in [1.807, 2.05) is 0 Å². The van der Waals surface area contributed by atoms with Crippen molar-refractivity contribution in [3.05, 3.63) is 28.2 Å². The number of carbonyl (C=O) groups is 1. The fourth-order valence-corrected chi connectivity index (χ4v) is 1.26. The molecule has 3 N–H and O–H groups in total. The van der Waals surface area contributed by atoms with Crippen molar-refractivity contribution in [1.29, 1.82) is 0 Å². The standard InChI is InChI=1S/C9H10Cl2N2O2/c10-6-1-2-7(11)8(5-6)15-4-3-13-9(12)14/h1-2,5H,3-4H2,(H3,12,13,14). The van der Waals surface area contributed by atoms with Gasteiger partial charge in [-0.25, -0.2) is 4.79 Å². The Labute approximate surface area is 97.3 Å². The molecule has 0 aliphatic carbocycles. The van der Waals surface area contributed by atoms with E-state index in [1.165, 1.54) is 0 Å². The fraction of sp³-hybridized carbons (Fsp3) is 0.222. The molecular formula is C9H10Cl2N2O2. The van der Waals surface area contributed by atoms with E-state index in [0.717, 1.165) is 0 Å². The van der Waals surface area contributed by atoms with Crippen LogP contribution in [0.4, 0.5) is 4.79 Å². The van der Waals surface area contributed by atoms with Crippen molar-refractivity contribution in [3.63, 3.8) is 0 Å². The van der Waals surface area contributed by atoms with Crippen molar-refractivity contribution in [2.75, 3.05) is 13.2 Å². The number of nitrogens with one attached hydrogen (secondary N) is 1. The van der Waals surface area contributed by atoms with Crippen molar-refractivity contribution in [1.82, 2.24) is 5.32 Å². The van der Waals surface area contributed by atoms with Gasteiger partial charge in [0.2, 0.25) is 0 Å². The minimum atomic E-state index is -0.587. The number of rotatable bonds is 4. The first kappa shape index (κ1) is 11.9. The van der Waals surface area contributed by atoms with Crippen LogP contribution in [0.2, 0.25) is 10.0 Å². The molecule has 0 saturated carbocycles. The average Bonchev–Trinajstić information content (AvgIpc) is 2.17. The molecule has 0 aliphatic heterocycles. The number of carbonyl (C=O) groups excluding carboxylic acids is 1. The van der Waals surface area contributed by atoms with E-state index in [1.54, 1.807) is 18.2 Å². The van der Waals surface area contributed by atoms with Gasteiger partial charge in [0, 0.05) is 11.1 Å². The van der Waals surface area contributed by atoms with E-state index in [9.17, 15) is 4.79 Å². The van der Waals surface area contributed by atoms with E-state index >= 15 is 0 Å². The number of benzene rings is 1. The van der Waals surface area contributed by atoms with Crippen molar-refractivity contribution in [2.45, 2.75) is 0 Å². The second-order valence-electron chi connectivity index (χ2n) is 2.71. The SMILES string of the molecule is NC(=O)NCCOc1cc(Cl)ccc1Cl. The van der Waals surface area contributed by atoms with Gasteiger partial charge in [-0.1, -0.05) is 23.2 Å². The zero-order valence-electron chi connectivity index (χ0n) is 7.80.